The second-order valence-corrected chi connectivity index (χ2v) is 3.97. The largest absolute Gasteiger partial charge is 0.506 e. The SMILES string of the molecule is C=C(C)C(=O)OC1CCC(OC(=O)O)CC1. The van der Waals surface area contributed by atoms with Gasteiger partial charge in [0.1, 0.15) is 12.2 Å². The van der Waals surface area contributed by atoms with Crippen molar-refractivity contribution >= 4 is 12.1 Å². The van der Waals surface area contributed by atoms with Crippen molar-refractivity contribution in [2.24, 2.45) is 0 Å². The summed E-state index contributed by atoms with van der Waals surface area (Å²) in [6.07, 6.45) is 0.812. The van der Waals surface area contributed by atoms with E-state index in [1.807, 2.05) is 0 Å². The molecule has 1 fully saturated rings. The Morgan fingerprint density at radius 3 is 1.94 bits per heavy atom. The third kappa shape index (κ3) is 3.92. The minimum atomic E-state index is -1.25. The Balaban J connectivity index is 2.29. The number of carbonyl (C=O) groups excluding carboxylic acids is 1. The maximum Gasteiger partial charge on any atom is 0.506 e. The van der Waals surface area contributed by atoms with E-state index in [-0.39, 0.29) is 18.2 Å². The third-order valence-corrected chi connectivity index (χ3v) is 2.51. The van der Waals surface area contributed by atoms with Gasteiger partial charge in [0.15, 0.2) is 0 Å². The number of rotatable bonds is 3. The zero-order valence-corrected chi connectivity index (χ0v) is 9.27. The van der Waals surface area contributed by atoms with E-state index in [1.165, 1.54) is 0 Å². The average Bonchev–Trinajstić information content (AvgIpc) is 2.20. The van der Waals surface area contributed by atoms with Gasteiger partial charge in [-0.15, -0.1) is 0 Å². The normalized spacial score (nSPS) is 24.6. The molecule has 0 saturated heterocycles. The molecular formula is C11H16O5. The maximum atomic E-state index is 11.2. The van der Waals surface area contributed by atoms with Crippen molar-refractivity contribution in [1.82, 2.24) is 0 Å². The van der Waals surface area contributed by atoms with Gasteiger partial charge in [0.2, 0.25) is 0 Å². The van der Waals surface area contributed by atoms with Gasteiger partial charge < -0.3 is 14.6 Å². The van der Waals surface area contributed by atoms with Crippen molar-refractivity contribution < 1.29 is 24.2 Å². The molecule has 0 aliphatic heterocycles. The van der Waals surface area contributed by atoms with Crippen LogP contribution in [0.3, 0.4) is 0 Å². The minimum absolute atomic E-state index is 0.141. The van der Waals surface area contributed by atoms with E-state index in [9.17, 15) is 9.59 Å². The summed E-state index contributed by atoms with van der Waals surface area (Å²) >= 11 is 0. The molecule has 0 amide bonds. The molecule has 0 radical (unpaired) electrons. The molecule has 0 atom stereocenters. The van der Waals surface area contributed by atoms with Crippen LogP contribution in [0.25, 0.3) is 0 Å². The van der Waals surface area contributed by atoms with E-state index < -0.39 is 6.16 Å². The van der Waals surface area contributed by atoms with Crippen molar-refractivity contribution in [1.29, 1.82) is 0 Å². The maximum absolute atomic E-state index is 11.2. The van der Waals surface area contributed by atoms with E-state index >= 15 is 0 Å². The van der Waals surface area contributed by atoms with Gasteiger partial charge in [-0.05, 0) is 32.6 Å². The van der Waals surface area contributed by atoms with Gasteiger partial charge in [-0.3, -0.25) is 0 Å². The van der Waals surface area contributed by atoms with Gasteiger partial charge in [0, 0.05) is 5.57 Å². The molecule has 90 valence electrons. The molecule has 0 heterocycles. The Labute approximate surface area is 94.0 Å². The highest BCUT2D eigenvalue weighted by atomic mass is 16.7. The molecule has 5 heteroatoms. The number of carbonyl (C=O) groups is 2. The van der Waals surface area contributed by atoms with E-state index in [0.29, 0.717) is 31.3 Å². The first-order valence-corrected chi connectivity index (χ1v) is 5.25. The van der Waals surface area contributed by atoms with Crippen molar-refractivity contribution in [3.8, 4) is 0 Å². The first-order chi connectivity index (χ1) is 7.49. The molecular weight excluding hydrogens is 212 g/mol. The lowest BCUT2D eigenvalue weighted by molar-refractivity contribution is -0.146. The molecule has 0 unspecified atom stereocenters. The second kappa shape index (κ2) is 5.53. The fourth-order valence-corrected chi connectivity index (χ4v) is 1.66. The number of hydrogen-bond acceptors (Lipinski definition) is 4. The van der Waals surface area contributed by atoms with E-state index in [2.05, 4.69) is 11.3 Å². The van der Waals surface area contributed by atoms with Crippen LogP contribution in [0.4, 0.5) is 4.79 Å². The summed E-state index contributed by atoms with van der Waals surface area (Å²) in [4.78, 5) is 21.5. The van der Waals surface area contributed by atoms with Crippen LogP contribution in [0.2, 0.25) is 0 Å². The highest BCUT2D eigenvalue weighted by molar-refractivity contribution is 5.87. The lowest BCUT2D eigenvalue weighted by atomic mass is 9.95. The van der Waals surface area contributed by atoms with Gasteiger partial charge in [-0.25, -0.2) is 9.59 Å². The fourth-order valence-electron chi connectivity index (χ4n) is 1.66. The van der Waals surface area contributed by atoms with E-state index in [1.54, 1.807) is 6.92 Å². The van der Waals surface area contributed by atoms with E-state index in [4.69, 9.17) is 9.84 Å². The zero-order chi connectivity index (χ0) is 12.1. The van der Waals surface area contributed by atoms with Crippen molar-refractivity contribution in [3.05, 3.63) is 12.2 Å². The molecule has 1 aliphatic carbocycles. The Hall–Kier alpha value is -1.52. The van der Waals surface area contributed by atoms with Crippen LogP contribution in [0.15, 0.2) is 12.2 Å². The molecule has 5 nitrogen and oxygen atoms in total. The van der Waals surface area contributed by atoms with Crippen molar-refractivity contribution in [3.63, 3.8) is 0 Å². The first-order valence-electron chi connectivity index (χ1n) is 5.25. The minimum Gasteiger partial charge on any atom is -0.459 e. The molecule has 1 aliphatic rings. The van der Waals surface area contributed by atoms with Gasteiger partial charge in [-0.1, -0.05) is 6.58 Å². The van der Waals surface area contributed by atoms with Crippen LogP contribution < -0.4 is 0 Å². The van der Waals surface area contributed by atoms with Gasteiger partial charge in [0.05, 0.1) is 0 Å². The predicted octanol–water partition coefficient (Wildman–Crippen LogP) is 2.11. The van der Waals surface area contributed by atoms with Crippen LogP contribution in [-0.2, 0) is 14.3 Å². The molecule has 0 bridgehead atoms. The van der Waals surface area contributed by atoms with Crippen LogP contribution in [-0.4, -0.2) is 29.4 Å². The Kier molecular flexibility index (Phi) is 4.34. The fraction of sp³-hybridized carbons (Fsp3) is 0.636. The van der Waals surface area contributed by atoms with Crippen LogP contribution >= 0.6 is 0 Å². The smallest absolute Gasteiger partial charge is 0.459 e. The Morgan fingerprint density at radius 2 is 1.56 bits per heavy atom. The molecule has 0 spiro atoms. The summed E-state index contributed by atoms with van der Waals surface area (Å²) in [5.41, 5.74) is 0.379. The summed E-state index contributed by atoms with van der Waals surface area (Å²) in [5.74, 6) is -0.386. The third-order valence-electron chi connectivity index (χ3n) is 2.51. The quantitative estimate of drug-likeness (QED) is 0.591. The highest BCUT2D eigenvalue weighted by Gasteiger charge is 2.26. The van der Waals surface area contributed by atoms with E-state index in [0.717, 1.165) is 0 Å². The zero-order valence-electron chi connectivity index (χ0n) is 9.27. The van der Waals surface area contributed by atoms with Crippen molar-refractivity contribution in [2.45, 2.75) is 44.8 Å². The molecule has 0 aromatic heterocycles. The molecule has 0 aromatic carbocycles. The van der Waals surface area contributed by atoms with Crippen LogP contribution in [0, 0.1) is 0 Å². The summed E-state index contributed by atoms with van der Waals surface area (Å²) in [5, 5.41) is 8.43. The van der Waals surface area contributed by atoms with Gasteiger partial charge >= 0.3 is 12.1 Å². The molecule has 1 saturated carbocycles. The monoisotopic (exact) mass is 228 g/mol. The Morgan fingerprint density at radius 1 is 1.12 bits per heavy atom. The number of carboxylic acid groups (broad SMARTS) is 1. The number of ether oxygens (including phenoxy) is 2. The molecule has 16 heavy (non-hydrogen) atoms. The molecule has 1 rings (SSSR count). The summed E-state index contributed by atoms with van der Waals surface area (Å²) in [6.45, 7) is 5.10. The topological polar surface area (TPSA) is 72.8 Å². The summed E-state index contributed by atoms with van der Waals surface area (Å²) in [6, 6.07) is 0. The average molecular weight is 228 g/mol. The molecule has 1 N–H and O–H groups in total. The second-order valence-electron chi connectivity index (χ2n) is 3.97. The number of hydrogen-bond donors (Lipinski definition) is 1. The number of esters is 1. The lowest BCUT2D eigenvalue weighted by Crippen LogP contribution is -2.29. The highest BCUT2D eigenvalue weighted by Crippen LogP contribution is 2.24. The van der Waals surface area contributed by atoms with Crippen LogP contribution in [0.5, 0.6) is 0 Å². The lowest BCUT2D eigenvalue weighted by Gasteiger charge is -2.27. The van der Waals surface area contributed by atoms with Crippen LogP contribution in [0.1, 0.15) is 32.6 Å². The standard InChI is InChI=1S/C11H16O5/c1-7(2)10(12)15-8-3-5-9(6-4-8)16-11(13)14/h8-9H,1,3-6H2,2H3,(H,13,14). The Bertz CT molecular complexity index is 289. The van der Waals surface area contributed by atoms with Gasteiger partial charge in [0.25, 0.3) is 0 Å². The first kappa shape index (κ1) is 12.5. The summed E-state index contributed by atoms with van der Waals surface area (Å²) < 4.78 is 9.82. The predicted molar refractivity (Wildman–Crippen MR) is 56.1 cm³/mol. The molecule has 0 aromatic rings. The summed E-state index contributed by atoms with van der Waals surface area (Å²) in [7, 11) is 0. The van der Waals surface area contributed by atoms with Crippen molar-refractivity contribution in [2.75, 3.05) is 0 Å². The van der Waals surface area contributed by atoms with Gasteiger partial charge in [-0.2, -0.15) is 0 Å².